The lowest BCUT2D eigenvalue weighted by atomic mass is 9.87. The fourth-order valence-corrected chi connectivity index (χ4v) is 1.99. The van der Waals surface area contributed by atoms with Crippen LogP contribution in [0, 0.1) is 0 Å². The number of carbonyl (C=O) groups excluding carboxylic acids is 4. The minimum atomic E-state index is -2.53. The van der Waals surface area contributed by atoms with E-state index in [1.54, 1.807) is 6.92 Å². The molecule has 160 valence electrons. The topological polar surface area (TPSA) is 192 Å². The summed E-state index contributed by atoms with van der Waals surface area (Å²) in [6, 6.07) is 3.36. The second-order valence-electron chi connectivity index (χ2n) is 5.93. The Bertz CT molecular complexity index is 777. The highest BCUT2D eigenvalue weighted by atomic mass is 17.2. The molecule has 1 aromatic rings. The summed E-state index contributed by atoms with van der Waals surface area (Å²) in [5, 5.41) is 28.7. The third-order valence-electron chi connectivity index (χ3n) is 3.51. The van der Waals surface area contributed by atoms with Crippen molar-refractivity contribution in [1.82, 2.24) is 0 Å². The smallest absolute Gasteiger partial charge is 0.383 e. The molecular weight excluding hydrogens is 394 g/mol. The van der Waals surface area contributed by atoms with Gasteiger partial charge in [0.15, 0.2) is 23.1 Å². The van der Waals surface area contributed by atoms with E-state index in [2.05, 4.69) is 19.6 Å². The zero-order chi connectivity index (χ0) is 22.2. The van der Waals surface area contributed by atoms with Crippen LogP contribution in [-0.4, -0.2) is 45.3 Å². The normalized spacial score (nSPS) is 13.5. The van der Waals surface area contributed by atoms with Crippen LogP contribution in [0.5, 0.6) is 11.5 Å². The van der Waals surface area contributed by atoms with E-state index >= 15 is 0 Å². The van der Waals surface area contributed by atoms with E-state index < -0.39 is 59.0 Å². The van der Waals surface area contributed by atoms with Crippen molar-refractivity contribution in [1.29, 1.82) is 0 Å². The highest BCUT2D eigenvalue weighted by Crippen LogP contribution is 2.37. The van der Waals surface area contributed by atoms with E-state index in [4.69, 9.17) is 10.8 Å². The number of benzene rings is 1. The van der Waals surface area contributed by atoms with Crippen LogP contribution in [0.3, 0.4) is 0 Å². The molecule has 0 bridgehead atoms. The lowest BCUT2D eigenvalue weighted by Gasteiger charge is -2.26. The number of aliphatic hydroxyl groups excluding tert-OH is 1. The van der Waals surface area contributed by atoms with Gasteiger partial charge in [0.1, 0.15) is 0 Å². The zero-order valence-electron chi connectivity index (χ0n) is 15.6. The van der Waals surface area contributed by atoms with Crippen molar-refractivity contribution < 1.29 is 54.0 Å². The lowest BCUT2D eigenvalue weighted by molar-refractivity contribution is -0.271. The Kier molecular flexibility index (Phi) is 8.36. The van der Waals surface area contributed by atoms with Crippen molar-refractivity contribution >= 4 is 23.9 Å². The average molecular weight is 415 g/mol. The summed E-state index contributed by atoms with van der Waals surface area (Å²) in [7, 11) is 0. The molecule has 0 saturated heterocycles. The molecule has 0 fully saturated rings. The molecule has 0 heterocycles. The lowest BCUT2D eigenvalue weighted by Crippen LogP contribution is -2.48. The minimum Gasteiger partial charge on any atom is -0.504 e. The number of hydrogen-bond acceptors (Lipinski definition) is 12. The van der Waals surface area contributed by atoms with Crippen LogP contribution in [0.25, 0.3) is 0 Å². The summed E-state index contributed by atoms with van der Waals surface area (Å²) in [5.41, 5.74) is 2.91. The van der Waals surface area contributed by atoms with Crippen LogP contribution < -0.4 is 5.73 Å². The van der Waals surface area contributed by atoms with Gasteiger partial charge in [0.25, 0.3) is 0 Å². The third kappa shape index (κ3) is 6.33. The highest BCUT2D eigenvalue weighted by molar-refractivity contribution is 5.89. The van der Waals surface area contributed by atoms with Gasteiger partial charge in [-0.05, 0) is 19.4 Å². The Hall–Kier alpha value is -3.38. The molecule has 0 aliphatic rings. The van der Waals surface area contributed by atoms with Crippen molar-refractivity contribution in [2.45, 2.75) is 44.8 Å². The fraction of sp³-hybridized carbons (Fsp3) is 0.412. The molecular formula is C17H21NO11. The number of rotatable bonds is 7. The number of hydrogen-bond donors (Lipinski definition) is 4. The van der Waals surface area contributed by atoms with Gasteiger partial charge in [-0.15, -0.1) is 0 Å². The molecule has 0 aliphatic carbocycles. The van der Waals surface area contributed by atoms with Gasteiger partial charge in [0, 0.05) is 12.0 Å². The molecule has 0 aliphatic heterocycles. The van der Waals surface area contributed by atoms with E-state index in [1.807, 2.05) is 0 Å². The minimum absolute atomic E-state index is 0.0360. The van der Waals surface area contributed by atoms with Gasteiger partial charge >= 0.3 is 23.9 Å². The predicted octanol–water partition coefficient (Wildman–Crippen LogP) is -0.174. The van der Waals surface area contributed by atoms with E-state index in [9.17, 15) is 29.4 Å². The van der Waals surface area contributed by atoms with Crippen molar-refractivity contribution in [3.8, 4) is 11.5 Å². The standard InChI is InChI=1S/C17H21NO11/c1-3-5-12(21)26-27-13(22)8-17(18,10-6-4-7-11(20)14(10)23)16(25)29-28-15(24)9(2)19/h4,6-7,9,19-20,23H,3,5,8,18H2,1-2H3. The van der Waals surface area contributed by atoms with E-state index in [0.717, 1.165) is 19.1 Å². The molecule has 0 amide bonds. The Balaban J connectivity index is 3.09. The van der Waals surface area contributed by atoms with Gasteiger partial charge in [-0.25, -0.2) is 38.7 Å². The summed E-state index contributed by atoms with van der Waals surface area (Å²) in [6.07, 6.45) is -2.29. The molecule has 1 rings (SSSR count). The van der Waals surface area contributed by atoms with Gasteiger partial charge in [-0.1, -0.05) is 19.1 Å². The SMILES string of the molecule is CCCC(=O)OOC(=O)CC(N)(C(=O)OOC(=O)C(C)O)c1cccc(O)c1O. The quantitative estimate of drug-likeness (QED) is 0.261. The first-order valence-corrected chi connectivity index (χ1v) is 8.34. The highest BCUT2D eigenvalue weighted by Gasteiger charge is 2.45. The second-order valence-corrected chi connectivity index (χ2v) is 5.93. The monoisotopic (exact) mass is 415 g/mol. The Morgan fingerprint density at radius 3 is 2.28 bits per heavy atom. The molecule has 5 N–H and O–H groups in total. The maximum absolute atomic E-state index is 12.4. The molecule has 0 aromatic heterocycles. The largest absolute Gasteiger partial charge is 0.504 e. The average Bonchev–Trinajstić information content (AvgIpc) is 2.66. The van der Waals surface area contributed by atoms with Crippen molar-refractivity contribution in [2.75, 3.05) is 0 Å². The van der Waals surface area contributed by atoms with Gasteiger partial charge in [0.05, 0.1) is 6.42 Å². The molecule has 29 heavy (non-hydrogen) atoms. The number of aliphatic hydroxyl groups is 1. The van der Waals surface area contributed by atoms with E-state index in [-0.39, 0.29) is 6.42 Å². The van der Waals surface area contributed by atoms with Crippen LogP contribution in [0.1, 0.15) is 38.7 Å². The van der Waals surface area contributed by atoms with Crippen molar-refractivity contribution in [3.05, 3.63) is 23.8 Å². The summed E-state index contributed by atoms with van der Waals surface area (Å²) in [6.45, 7) is 2.72. The Morgan fingerprint density at radius 2 is 1.69 bits per heavy atom. The molecule has 0 spiro atoms. The van der Waals surface area contributed by atoms with E-state index in [1.165, 1.54) is 6.07 Å². The molecule has 12 nitrogen and oxygen atoms in total. The molecule has 0 radical (unpaired) electrons. The molecule has 12 heteroatoms. The van der Waals surface area contributed by atoms with Crippen LogP contribution in [0.15, 0.2) is 18.2 Å². The number of aromatic hydroxyl groups is 2. The molecule has 2 atom stereocenters. The maximum atomic E-state index is 12.4. The van der Waals surface area contributed by atoms with Crippen LogP contribution in [0.2, 0.25) is 0 Å². The van der Waals surface area contributed by atoms with Gasteiger partial charge < -0.3 is 21.1 Å². The number of carbonyl (C=O) groups is 4. The van der Waals surface area contributed by atoms with Crippen molar-refractivity contribution in [3.63, 3.8) is 0 Å². The number of para-hydroxylation sites is 1. The summed E-state index contributed by atoms with van der Waals surface area (Å²) in [4.78, 5) is 63.9. The zero-order valence-corrected chi connectivity index (χ0v) is 15.6. The number of phenolic OH excluding ortho intramolecular Hbond substituents is 2. The summed E-state index contributed by atoms with van der Waals surface area (Å²) >= 11 is 0. The van der Waals surface area contributed by atoms with Crippen LogP contribution in [0.4, 0.5) is 0 Å². The third-order valence-corrected chi connectivity index (χ3v) is 3.51. The van der Waals surface area contributed by atoms with Crippen LogP contribution >= 0.6 is 0 Å². The number of nitrogens with two attached hydrogens (primary N) is 1. The summed E-state index contributed by atoms with van der Waals surface area (Å²) in [5.74, 6) is -6.57. The number of phenols is 2. The Labute approximate surface area is 164 Å². The maximum Gasteiger partial charge on any atom is 0.383 e. The van der Waals surface area contributed by atoms with Gasteiger partial charge in [-0.3, -0.25) is 0 Å². The van der Waals surface area contributed by atoms with E-state index in [0.29, 0.717) is 6.42 Å². The first-order valence-electron chi connectivity index (χ1n) is 8.34. The van der Waals surface area contributed by atoms with Crippen molar-refractivity contribution in [2.24, 2.45) is 5.73 Å². The van der Waals surface area contributed by atoms with Gasteiger partial charge in [0.2, 0.25) is 0 Å². The second kappa shape index (κ2) is 10.2. The summed E-state index contributed by atoms with van der Waals surface area (Å²) < 4.78 is 0. The van der Waals surface area contributed by atoms with Gasteiger partial charge in [-0.2, -0.15) is 0 Å². The molecule has 1 aromatic carbocycles. The molecule has 0 saturated carbocycles. The first-order chi connectivity index (χ1) is 13.5. The fourth-order valence-electron chi connectivity index (χ4n) is 1.99. The predicted molar refractivity (Wildman–Crippen MR) is 91.2 cm³/mol. The van der Waals surface area contributed by atoms with Crippen LogP contribution in [-0.2, 0) is 44.3 Å². The Morgan fingerprint density at radius 1 is 1.07 bits per heavy atom. The first kappa shape index (κ1) is 23.7. The molecule has 2 unspecified atom stereocenters.